The zero-order valence-corrected chi connectivity index (χ0v) is 23.9. The van der Waals surface area contributed by atoms with Crippen molar-refractivity contribution < 1.29 is 33.3 Å². The van der Waals surface area contributed by atoms with E-state index in [9.17, 15) is 24.7 Å². The third kappa shape index (κ3) is 8.96. The van der Waals surface area contributed by atoms with Gasteiger partial charge in [-0.2, -0.15) is 5.11 Å². The summed E-state index contributed by atoms with van der Waals surface area (Å²) in [4.78, 5) is 22.0. The van der Waals surface area contributed by atoms with Gasteiger partial charge >= 0.3 is 7.82 Å². The molecule has 0 radical (unpaired) electrons. The molecule has 14 nitrogen and oxygen atoms in total. The Balaban J connectivity index is 1.76. The van der Waals surface area contributed by atoms with E-state index in [1.165, 1.54) is 13.2 Å². The van der Waals surface area contributed by atoms with Crippen LogP contribution < -0.4 is 9.64 Å². The fraction of sp³-hybridized carbons (Fsp3) is 0.308. The Morgan fingerprint density at radius 2 is 1.61 bits per heavy atom. The summed E-state index contributed by atoms with van der Waals surface area (Å²) >= 11 is 0. The molecule has 0 bridgehead atoms. The van der Waals surface area contributed by atoms with Crippen LogP contribution in [0, 0.1) is 24.0 Å². The second kappa shape index (κ2) is 14.5. The van der Waals surface area contributed by atoms with E-state index in [1.54, 1.807) is 67.3 Å². The Labute approximate surface area is 236 Å². The number of phosphoric acid groups is 1. The molecule has 3 aromatic carbocycles. The highest BCUT2D eigenvalue weighted by molar-refractivity contribution is 7.47. The Hall–Kier alpha value is -4.07. The SMILES string of the molecule is COc1cc(/N=N/c2ccc(C)cc2[N+](=O)[O-])c(C)cc1/N=N/c1ccc(N(CCO)CCOP(=O)(O)OC)cc1. The molecule has 2 N–H and O–H groups in total. The highest BCUT2D eigenvalue weighted by Gasteiger charge is 2.19. The van der Waals surface area contributed by atoms with Crippen LogP contribution in [0.3, 0.4) is 0 Å². The van der Waals surface area contributed by atoms with Crippen LogP contribution in [0.1, 0.15) is 11.1 Å². The fourth-order valence-corrected chi connectivity index (χ4v) is 4.05. The van der Waals surface area contributed by atoms with Crippen molar-refractivity contribution in [1.29, 1.82) is 0 Å². The summed E-state index contributed by atoms with van der Waals surface area (Å²) in [5.74, 6) is 0.384. The number of nitro groups is 1. The van der Waals surface area contributed by atoms with E-state index < -0.39 is 12.7 Å². The maximum atomic E-state index is 11.5. The summed E-state index contributed by atoms with van der Waals surface area (Å²) in [7, 11) is -1.53. The van der Waals surface area contributed by atoms with Crippen molar-refractivity contribution in [3.63, 3.8) is 0 Å². The third-order valence-corrected chi connectivity index (χ3v) is 6.77. The minimum Gasteiger partial charge on any atom is -0.494 e. The lowest BCUT2D eigenvalue weighted by molar-refractivity contribution is -0.384. The molecule has 0 fully saturated rings. The zero-order chi connectivity index (χ0) is 30.0. The predicted octanol–water partition coefficient (Wildman–Crippen LogP) is 6.61. The fourth-order valence-electron chi connectivity index (χ4n) is 3.63. The quantitative estimate of drug-likeness (QED) is 0.0908. The van der Waals surface area contributed by atoms with Crippen LogP contribution in [0.15, 0.2) is 75.1 Å². The first kappa shape index (κ1) is 31.5. The number of benzene rings is 3. The number of phosphoric ester groups is 1. The maximum Gasteiger partial charge on any atom is 0.471 e. The van der Waals surface area contributed by atoms with E-state index in [2.05, 4.69) is 25.0 Å². The van der Waals surface area contributed by atoms with E-state index in [4.69, 9.17) is 9.26 Å². The second-order valence-corrected chi connectivity index (χ2v) is 10.2. The van der Waals surface area contributed by atoms with Gasteiger partial charge in [0.15, 0.2) is 5.69 Å². The number of aliphatic hydroxyl groups is 1. The standard InChI is InChI=1S/C26H31N6O8P/c1-18-5-10-22(25(15-18)32(34)35)28-29-23-17-26(38-3)24(16-19(23)2)30-27-20-6-8-21(9-7-20)31(11-13-33)12-14-40-41(36,37)39-4/h5-10,15-17,33H,11-14H2,1-4H3,(H,36,37)/b29-28+,30-27+. The van der Waals surface area contributed by atoms with Gasteiger partial charge in [0.25, 0.3) is 5.69 Å². The van der Waals surface area contributed by atoms with Gasteiger partial charge in [0.2, 0.25) is 0 Å². The zero-order valence-electron chi connectivity index (χ0n) is 23.0. The summed E-state index contributed by atoms with van der Waals surface area (Å²) in [5.41, 5.74) is 3.64. The highest BCUT2D eigenvalue weighted by atomic mass is 31.2. The topological polar surface area (TPSA) is 181 Å². The molecule has 0 aliphatic heterocycles. The van der Waals surface area contributed by atoms with Gasteiger partial charge in [0, 0.05) is 38.0 Å². The van der Waals surface area contributed by atoms with E-state index in [-0.39, 0.29) is 37.7 Å². The van der Waals surface area contributed by atoms with Crippen LogP contribution in [0.2, 0.25) is 0 Å². The lowest BCUT2D eigenvalue weighted by atomic mass is 10.1. The number of anilines is 1. The number of aryl methyl sites for hydroxylation is 2. The van der Waals surface area contributed by atoms with Crippen molar-refractivity contribution >= 4 is 41.9 Å². The minimum absolute atomic E-state index is 0.0836. The molecule has 0 aliphatic carbocycles. The summed E-state index contributed by atoms with van der Waals surface area (Å²) in [6.45, 7) is 3.87. The van der Waals surface area contributed by atoms with Crippen molar-refractivity contribution in [3.05, 3.63) is 75.8 Å². The van der Waals surface area contributed by atoms with Crippen LogP contribution >= 0.6 is 7.82 Å². The van der Waals surface area contributed by atoms with E-state index in [0.717, 1.165) is 18.4 Å². The molecule has 3 aromatic rings. The predicted molar refractivity (Wildman–Crippen MR) is 152 cm³/mol. The van der Waals surface area contributed by atoms with Crippen molar-refractivity contribution in [2.24, 2.45) is 20.5 Å². The van der Waals surface area contributed by atoms with Gasteiger partial charge in [0.05, 0.1) is 36.6 Å². The number of aliphatic hydroxyl groups excluding tert-OH is 1. The number of nitrogens with zero attached hydrogens (tertiary/aromatic N) is 6. The Kier molecular flexibility index (Phi) is 11.1. The molecule has 3 rings (SSSR count). The van der Waals surface area contributed by atoms with Crippen molar-refractivity contribution in [1.82, 2.24) is 0 Å². The van der Waals surface area contributed by atoms with E-state index >= 15 is 0 Å². The lowest BCUT2D eigenvalue weighted by Crippen LogP contribution is -2.30. The molecule has 0 amide bonds. The smallest absolute Gasteiger partial charge is 0.471 e. The van der Waals surface area contributed by atoms with Gasteiger partial charge in [-0.15, -0.1) is 15.3 Å². The molecular formula is C26H31N6O8P. The van der Waals surface area contributed by atoms with E-state index in [0.29, 0.717) is 28.4 Å². The van der Waals surface area contributed by atoms with Crippen LogP contribution in [-0.2, 0) is 13.6 Å². The molecule has 1 atom stereocenters. The Morgan fingerprint density at radius 1 is 0.927 bits per heavy atom. The third-order valence-electron chi connectivity index (χ3n) is 5.79. The first-order valence-corrected chi connectivity index (χ1v) is 13.8. The number of nitro benzene ring substituents is 1. The molecule has 15 heteroatoms. The number of methoxy groups -OCH3 is 1. The first-order chi connectivity index (χ1) is 19.6. The molecule has 218 valence electrons. The summed E-state index contributed by atoms with van der Waals surface area (Å²) in [5, 5.41) is 37.6. The van der Waals surface area contributed by atoms with Crippen LogP contribution in [-0.4, -0.2) is 55.4 Å². The monoisotopic (exact) mass is 586 g/mol. The first-order valence-electron chi connectivity index (χ1n) is 12.3. The number of hydrogen-bond donors (Lipinski definition) is 2. The van der Waals surface area contributed by atoms with Crippen LogP contribution in [0.5, 0.6) is 5.75 Å². The molecule has 0 aromatic heterocycles. The molecule has 41 heavy (non-hydrogen) atoms. The van der Waals surface area contributed by atoms with Gasteiger partial charge in [-0.1, -0.05) is 6.07 Å². The van der Waals surface area contributed by atoms with Gasteiger partial charge in [-0.3, -0.25) is 19.2 Å². The number of ether oxygens (including phenoxy) is 1. The minimum atomic E-state index is -4.09. The molecule has 0 heterocycles. The summed E-state index contributed by atoms with van der Waals surface area (Å²) in [6.07, 6.45) is 0. The number of hydrogen-bond acceptors (Lipinski definition) is 12. The average Bonchev–Trinajstić information content (AvgIpc) is 2.95. The maximum absolute atomic E-state index is 11.5. The summed E-state index contributed by atoms with van der Waals surface area (Å²) < 4.78 is 26.2. The van der Waals surface area contributed by atoms with Crippen molar-refractivity contribution in [2.75, 3.05) is 45.4 Å². The molecule has 0 aliphatic rings. The largest absolute Gasteiger partial charge is 0.494 e. The van der Waals surface area contributed by atoms with E-state index in [1.807, 2.05) is 0 Å². The second-order valence-electron chi connectivity index (χ2n) is 8.67. The molecule has 0 spiro atoms. The molecule has 0 saturated heterocycles. The number of rotatable bonds is 14. The molecule has 1 unspecified atom stereocenters. The van der Waals surface area contributed by atoms with Crippen molar-refractivity contribution in [3.8, 4) is 5.75 Å². The van der Waals surface area contributed by atoms with Gasteiger partial charge in [0.1, 0.15) is 11.4 Å². The van der Waals surface area contributed by atoms with Crippen LogP contribution in [0.25, 0.3) is 0 Å². The van der Waals surface area contributed by atoms with Gasteiger partial charge in [-0.05, 0) is 61.4 Å². The number of azo groups is 2. The Morgan fingerprint density at radius 3 is 2.24 bits per heavy atom. The van der Waals surface area contributed by atoms with Gasteiger partial charge in [-0.25, -0.2) is 4.57 Å². The molecule has 0 saturated carbocycles. The highest BCUT2D eigenvalue weighted by Crippen LogP contribution is 2.42. The average molecular weight is 587 g/mol. The Bertz CT molecular complexity index is 1470. The lowest BCUT2D eigenvalue weighted by Gasteiger charge is -2.24. The van der Waals surface area contributed by atoms with Crippen molar-refractivity contribution in [2.45, 2.75) is 13.8 Å². The van der Waals surface area contributed by atoms with Crippen LogP contribution in [0.4, 0.5) is 34.1 Å². The normalized spacial score (nSPS) is 13.0. The molecular weight excluding hydrogens is 555 g/mol. The van der Waals surface area contributed by atoms with Gasteiger partial charge < -0.3 is 19.6 Å². The summed E-state index contributed by atoms with van der Waals surface area (Å²) in [6, 6.07) is 15.1.